The summed E-state index contributed by atoms with van der Waals surface area (Å²) in [6.07, 6.45) is 5.74. The molecule has 0 aliphatic carbocycles. The molecule has 1 saturated heterocycles. The summed E-state index contributed by atoms with van der Waals surface area (Å²) in [5.74, 6) is 0.685. The van der Waals surface area contributed by atoms with Gasteiger partial charge < -0.3 is 20.4 Å². The molecule has 0 bridgehead atoms. The maximum Gasteiger partial charge on any atom is 0.269 e. The van der Waals surface area contributed by atoms with Crippen molar-refractivity contribution in [3.8, 4) is 11.5 Å². The van der Waals surface area contributed by atoms with Crippen LogP contribution in [0, 0.1) is 10.1 Å². The highest BCUT2D eigenvalue weighted by Gasteiger charge is 2.16. The van der Waals surface area contributed by atoms with Gasteiger partial charge in [-0.2, -0.15) is 20.1 Å². The number of anilines is 4. The standard InChI is InChI=1S/C22H23BrN8O4/c23-17-11-14(18(32)12-19(17)33)13-24-29-21-26-20(25-15-5-7-16(8-6-15)31(34)35)27-22(28-21)30-9-3-1-2-4-10-30/h5-8,11-13,32-33H,1-4,9-10H2,(H2,25,26,27,28,29)/b24-13+. The van der Waals surface area contributed by atoms with Crippen molar-refractivity contribution in [2.24, 2.45) is 5.10 Å². The Bertz CT molecular complexity index is 1230. The molecule has 1 fully saturated rings. The smallest absolute Gasteiger partial charge is 0.269 e. The van der Waals surface area contributed by atoms with Crippen molar-refractivity contribution in [2.45, 2.75) is 25.7 Å². The fourth-order valence-electron chi connectivity index (χ4n) is 3.51. The van der Waals surface area contributed by atoms with E-state index in [2.05, 4.69) is 51.6 Å². The molecule has 1 aliphatic heterocycles. The molecule has 4 rings (SSSR count). The van der Waals surface area contributed by atoms with Gasteiger partial charge in [-0.25, -0.2) is 5.43 Å². The second-order valence-electron chi connectivity index (χ2n) is 7.85. The van der Waals surface area contributed by atoms with Crippen LogP contribution in [-0.4, -0.2) is 49.4 Å². The van der Waals surface area contributed by atoms with Gasteiger partial charge in [0.05, 0.1) is 15.6 Å². The Morgan fingerprint density at radius 2 is 1.69 bits per heavy atom. The van der Waals surface area contributed by atoms with Gasteiger partial charge in [0.15, 0.2) is 0 Å². The Hall–Kier alpha value is -4.00. The first-order valence-corrected chi connectivity index (χ1v) is 11.7. The summed E-state index contributed by atoms with van der Waals surface area (Å²) in [4.78, 5) is 25.9. The molecule has 12 nitrogen and oxygen atoms in total. The second kappa shape index (κ2) is 11.0. The average Bonchev–Trinajstić information content (AvgIpc) is 3.12. The van der Waals surface area contributed by atoms with E-state index in [-0.39, 0.29) is 29.1 Å². The second-order valence-corrected chi connectivity index (χ2v) is 8.70. The fraction of sp³-hybridized carbons (Fsp3) is 0.273. The highest BCUT2D eigenvalue weighted by molar-refractivity contribution is 9.10. The van der Waals surface area contributed by atoms with Crippen molar-refractivity contribution >= 4 is 51.4 Å². The minimum Gasteiger partial charge on any atom is -0.507 e. The van der Waals surface area contributed by atoms with Crippen molar-refractivity contribution in [1.82, 2.24) is 15.0 Å². The van der Waals surface area contributed by atoms with Crippen LogP contribution in [0.1, 0.15) is 31.2 Å². The van der Waals surface area contributed by atoms with Crippen molar-refractivity contribution < 1.29 is 15.1 Å². The molecule has 0 atom stereocenters. The van der Waals surface area contributed by atoms with Gasteiger partial charge in [-0.15, -0.1) is 0 Å². The lowest BCUT2D eigenvalue weighted by Crippen LogP contribution is -2.26. The summed E-state index contributed by atoms with van der Waals surface area (Å²) in [6, 6.07) is 8.66. The van der Waals surface area contributed by atoms with Crippen LogP contribution in [0.5, 0.6) is 11.5 Å². The number of nitrogens with one attached hydrogen (secondary N) is 2. The maximum absolute atomic E-state index is 10.9. The summed E-state index contributed by atoms with van der Waals surface area (Å²) in [7, 11) is 0. The van der Waals surface area contributed by atoms with Crippen LogP contribution in [0.15, 0.2) is 46.0 Å². The predicted octanol–water partition coefficient (Wildman–Crippen LogP) is 4.52. The zero-order chi connectivity index (χ0) is 24.8. The topological polar surface area (TPSA) is 162 Å². The van der Waals surface area contributed by atoms with Gasteiger partial charge in [0, 0.05) is 42.5 Å². The van der Waals surface area contributed by atoms with E-state index in [4.69, 9.17) is 0 Å². The van der Waals surface area contributed by atoms with Crippen LogP contribution in [0.2, 0.25) is 0 Å². The first kappa shape index (κ1) is 24.1. The number of phenols is 2. The zero-order valence-corrected chi connectivity index (χ0v) is 20.1. The van der Waals surface area contributed by atoms with Gasteiger partial charge in [-0.3, -0.25) is 10.1 Å². The molecular formula is C22H23BrN8O4. The van der Waals surface area contributed by atoms with Gasteiger partial charge in [-0.05, 0) is 47.0 Å². The third-order valence-corrected chi connectivity index (χ3v) is 5.95. The fourth-order valence-corrected chi connectivity index (χ4v) is 3.87. The first-order chi connectivity index (χ1) is 16.9. The Balaban J connectivity index is 1.59. The van der Waals surface area contributed by atoms with E-state index < -0.39 is 4.92 Å². The molecule has 1 aliphatic rings. The minimum absolute atomic E-state index is 0.0164. The lowest BCUT2D eigenvalue weighted by Gasteiger charge is -2.21. The number of rotatable bonds is 7. The number of hydrogen-bond acceptors (Lipinski definition) is 11. The van der Waals surface area contributed by atoms with Crippen molar-refractivity contribution in [3.63, 3.8) is 0 Å². The van der Waals surface area contributed by atoms with E-state index in [9.17, 15) is 20.3 Å². The molecular weight excluding hydrogens is 520 g/mol. The molecule has 0 radical (unpaired) electrons. The number of aromatic hydroxyl groups is 2. The van der Waals surface area contributed by atoms with Crippen LogP contribution < -0.4 is 15.6 Å². The normalized spacial score (nSPS) is 14.0. The number of hydrazone groups is 1. The van der Waals surface area contributed by atoms with E-state index >= 15 is 0 Å². The third kappa shape index (κ3) is 6.32. The summed E-state index contributed by atoms with van der Waals surface area (Å²) in [6.45, 7) is 1.64. The van der Waals surface area contributed by atoms with Gasteiger partial charge in [0.25, 0.3) is 5.69 Å². The highest BCUT2D eigenvalue weighted by atomic mass is 79.9. The van der Waals surface area contributed by atoms with E-state index in [1.165, 1.54) is 30.5 Å². The lowest BCUT2D eigenvalue weighted by atomic mass is 10.2. The number of nitro benzene ring substituents is 1. The number of halogens is 1. The number of benzene rings is 2. The molecule has 0 unspecified atom stereocenters. The van der Waals surface area contributed by atoms with E-state index in [1.54, 1.807) is 12.1 Å². The predicted molar refractivity (Wildman–Crippen MR) is 136 cm³/mol. The number of aromatic nitrogens is 3. The van der Waals surface area contributed by atoms with Crippen LogP contribution >= 0.6 is 15.9 Å². The maximum atomic E-state index is 10.9. The summed E-state index contributed by atoms with van der Waals surface area (Å²) < 4.78 is 0.412. The third-order valence-electron chi connectivity index (χ3n) is 5.31. The molecule has 4 N–H and O–H groups in total. The molecule has 182 valence electrons. The van der Waals surface area contributed by atoms with E-state index in [0.717, 1.165) is 38.8 Å². The molecule has 0 amide bonds. The number of non-ortho nitro benzene ring substituents is 1. The number of nitro groups is 1. The minimum atomic E-state index is -0.464. The zero-order valence-electron chi connectivity index (χ0n) is 18.6. The molecule has 13 heteroatoms. The molecule has 3 aromatic rings. The average molecular weight is 543 g/mol. The SMILES string of the molecule is O=[N+]([O-])c1ccc(Nc2nc(N/N=C/c3cc(Br)c(O)cc3O)nc(N3CCCCCC3)n2)cc1. The Labute approximate surface area is 209 Å². The summed E-state index contributed by atoms with van der Waals surface area (Å²) in [5.41, 5.74) is 3.69. The number of hydrogen-bond donors (Lipinski definition) is 4. The van der Waals surface area contributed by atoms with Crippen molar-refractivity contribution in [1.29, 1.82) is 0 Å². The number of nitrogens with zero attached hydrogens (tertiary/aromatic N) is 6. The first-order valence-electron chi connectivity index (χ1n) is 10.9. The largest absolute Gasteiger partial charge is 0.507 e. The van der Waals surface area contributed by atoms with Crippen molar-refractivity contribution in [3.05, 3.63) is 56.5 Å². The number of phenolic OH excluding ortho intramolecular Hbond substituents is 2. The molecule has 0 spiro atoms. The monoisotopic (exact) mass is 542 g/mol. The molecule has 2 heterocycles. The van der Waals surface area contributed by atoms with Gasteiger partial charge in [0.1, 0.15) is 11.5 Å². The summed E-state index contributed by atoms with van der Waals surface area (Å²) in [5, 5.41) is 37.8. The van der Waals surface area contributed by atoms with Gasteiger partial charge in [0.2, 0.25) is 17.8 Å². The molecule has 35 heavy (non-hydrogen) atoms. The van der Waals surface area contributed by atoms with Crippen LogP contribution in [0.4, 0.5) is 29.2 Å². The quantitative estimate of drug-likeness (QED) is 0.189. The van der Waals surface area contributed by atoms with Crippen LogP contribution in [0.3, 0.4) is 0 Å². The summed E-state index contributed by atoms with van der Waals surface area (Å²) >= 11 is 3.20. The Morgan fingerprint density at radius 3 is 2.37 bits per heavy atom. The van der Waals surface area contributed by atoms with E-state index in [0.29, 0.717) is 21.7 Å². The molecule has 1 aromatic heterocycles. The molecule has 0 saturated carbocycles. The van der Waals surface area contributed by atoms with Crippen molar-refractivity contribution in [2.75, 3.05) is 28.7 Å². The van der Waals surface area contributed by atoms with Gasteiger partial charge in [-0.1, -0.05) is 12.8 Å². The van der Waals surface area contributed by atoms with E-state index in [1.807, 2.05) is 0 Å². The van der Waals surface area contributed by atoms with Crippen LogP contribution in [0.25, 0.3) is 0 Å². The van der Waals surface area contributed by atoms with Crippen LogP contribution in [-0.2, 0) is 0 Å². The molecule has 2 aromatic carbocycles. The highest BCUT2D eigenvalue weighted by Crippen LogP contribution is 2.30. The van der Waals surface area contributed by atoms with Gasteiger partial charge >= 0.3 is 0 Å². The Kier molecular flexibility index (Phi) is 7.55. The lowest BCUT2D eigenvalue weighted by molar-refractivity contribution is -0.384. The Morgan fingerprint density at radius 1 is 1.00 bits per heavy atom.